The van der Waals surface area contributed by atoms with Crippen molar-refractivity contribution in [2.24, 2.45) is 0 Å². The summed E-state index contributed by atoms with van der Waals surface area (Å²) in [7, 11) is -1.90. The average molecular weight is 317 g/mol. The lowest BCUT2D eigenvalue weighted by Crippen LogP contribution is -2.10. The van der Waals surface area contributed by atoms with E-state index in [4.69, 9.17) is 10.00 Å². The molecule has 2 rings (SSSR count). The van der Waals surface area contributed by atoms with Gasteiger partial charge in [-0.25, -0.2) is 18.4 Å². The molecule has 2 aromatic rings. The van der Waals surface area contributed by atoms with E-state index in [9.17, 15) is 8.42 Å². The number of rotatable bonds is 5. The van der Waals surface area contributed by atoms with Crippen LogP contribution in [0, 0.1) is 18.3 Å². The number of nitriles is 1. The maximum absolute atomic E-state index is 12.3. The number of methoxy groups -OCH3 is 1. The first kappa shape index (κ1) is 15.9. The van der Waals surface area contributed by atoms with Crippen molar-refractivity contribution in [3.05, 3.63) is 52.8 Å². The molecule has 0 unspecified atom stereocenters. The van der Waals surface area contributed by atoms with Crippen LogP contribution in [-0.4, -0.2) is 25.5 Å². The van der Waals surface area contributed by atoms with Crippen LogP contribution in [0.1, 0.15) is 22.4 Å². The highest BCUT2D eigenvalue weighted by Gasteiger charge is 2.16. The summed E-state index contributed by atoms with van der Waals surface area (Å²) in [6.45, 7) is 1.72. The summed E-state index contributed by atoms with van der Waals surface area (Å²) < 4.78 is 29.5. The molecule has 0 atom stereocenters. The van der Waals surface area contributed by atoms with Crippen LogP contribution >= 0.6 is 0 Å². The molecule has 0 N–H and O–H groups in total. The molecule has 0 saturated heterocycles. The second-order valence-electron chi connectivity index (χ2n) is 4.81. The van der Waals surface area contributed by atoms with E-state index in [0.29, 0.717) is 22.4 Å². The van der Waals surface area contributed by atoms with E-state index in [-0.39, 0.29) is 17.5 Å². The summed E-state index contributed by atoms with van der Waals surface area (Å²) in [4.78, 5) is 8.01. The van der Waals surface area contributed by atoms with Gasteiger partial charge in [-0.05, 0) is 24.6 Å². The van der Waals surface area contributed by atoms with Crippen molar-refractivity contribution in [3.63, 3.8) is 0 Å². The summed E-state index contributed by atoms with van der Waals surface area (Å²) in [5.74, 6) is -0.229. The Hall–Kier alpha value is -2.46. The van der Waals surface area contributed by atoms with E-state index >= 15 is 0 Å². The summed E-state index contributed by atoms with van der Waals surface area (Å²) in [6, 6.07) is 8.71. The maximum Gasteiger partial charge on any atom is 0.316 e. The minimum Gasteiger partial charge on any atom is -0.467 e. The molecule has 0 saturated carbocycles. The van der Waals surface area contributed by atoms with Crippen LogP contribution < -0.4 is 4.74 Å². The molecule has 1 heterocycles. The SMILES string of the molecule is COc1ncc(CS(=O)(=O)Cc2ccc(C#N)cc2)c(C)n1. The monoisotopic (exact) mass is 317 g/mol. The first-order valence-electron chi connectivity index (χ1n) is 6.49. The zero-order valence-corrected chi connectivity index (χ0v) is 13.1. The van der Waals surface area contributed by atoms with Crippen LogP contribution in [0.15, 0.2) is 30.5 Å². The molecular weight excluding hydrogens is 302 g/mol. The standard InChI is InChI=1S/C15H15N3O3S/c1-11-14(8-17-15(18-11)21-2)10-22(19,20)9-13-5-3-12(7-16)4-6-13/h3-6,8H,9-10H2,1-2H3. The molecule has 0 fully saturated rings. The van der Waals surface area contributed by atoms with E-state index in [1.807, 2.05) is 6.07 Å². The van der Waals surface area contributed by atoms with Gasteiger partial charge in [0.15, 0.2) is 9.84 Å². The van der Waals surface area contributed by atoms with Crippen molar-refractivity contribution in [1.82, 2.24) is 9.97 Å². The molecule has 22 heavy (non-hydrogen) atoms. The number of aromatic nitrogens is 2. The predicted octanol–water partition coefficient (Wildman–Crippen LogP) is 1.78. The molecule has 114 valence electrons. The number of aryl methyl sites for hydroxylation is 1. The lowest BCUT2D eigenvalue weighted by Gasteiger charge is -2.08. The quantitative estimate of drug-likeness (QED) is 0.834. The van der Waals surface area contributed by atoms with Crippen LogP contribution in [0.2, 0.25) is 0 Å². The third kappa shape index (κ3) is 4.02. The molecule has 1 aromatic heterocycles. The Labute approximate surface area is 129 Å². The minimum absolute atomic E-state index is 0.0931. The van der Waals surface area contributed by atoms with Crippen LogP contribution in [0.25, 0.3) is 0 Å². The van der Waals surface area contributed by atoms with Gasteiger partial charge in [-0.1, -0.05) is 12.1 Å². The minimum atomic E-state index is -3.35. The highest BCUT2D eigenvalue weighted by molar-refractivity contribution is 7.89. The smallest absolute Gasteiger partial charge is 0.316 e. The van der Waals surface area contributed by atoms with E-state index < -0.39 is 9.84 Å². The molecule has 1 aromatic carbocycles. The Kier molecular flexibility index (Phi) is 4.73. The number of hydrogen-bond acceptors (Lipinski definition) is 6. The maximum atomic E-state index is 12.3. The summed E-state index contributed by atoms with van der Waals surface area (Å²) in [5.41, 5.74) is 2.27. The molecule has 6 nitrogen and oxygen atoms in total. The van der Waals surface area contributed by atoms with Crippen LogP contribution in [0.5, 0.6) is 6.01 Å². The normalized spacial score (nSPS) is 11.0. The second kappa shape index (κ2) is 6.54. The third-order valence-electron chi connectivity index (χ3n) is 3.09. The Morgan fingerprint density at radius 1 is 1.23 bits per heavy atom. The molecule has 0 bridgehead atoms. The number of benzene rings is 1. The number of sulfone groups is 1. The molecule has 7 heteroatoms. The van der Waals surface area contributed by atoms with Crippen molar-refractivity contribution in [2.45, 2.75) is 18.4 Å². The summed E-state index contributed by atoms with van der Waals surface area (Å²) in [6.07, 6.45) is 1.47. The van der Waals surface area contributed by atoms with Crippen LogP contribution in [-0.2, 0) is 21.3 Å². The molecular formula is C15H15N3O3S. The number of nitrogens with zero attached hydrogens (tertiary/aromatic N) is 3. The van der Waals surface area contributed by atoms with Gasteiger partial charge in [0.05, 0.1) is 30.2 Å². The van der Waals surface area contributed by atoms with Crippen molar-refractivity contribution in [2.75, 3.05) is 7.11 Å². The molecule has 0 radical (unpaired) electrons. The molecule has 0 spiro atoms. The van der Waals surface area contributed by atoms with Gasteiger partial charge in [0.1, 0.15) is 0 Å². The number of hydrogen-bond donors (Lipinski definition) is 0. The molecule has 0 amide bonds. The Morgan fingerprint density at radius 2 is 1.91 bits per heavy atom. The van der Waals surface area contributed by atoms with Gasteiger partial charge in [-0.2, -0.15) is 5.26 Å². The van der Waals surface area contributed by atoms with Gasteiger partial charge < -0.3 is 4.74 Å². The van der Waals surface area contributed by atoms with Crippen molar-refractivity contribution in [1.29, 1.82) is 5.26 Å². The second-order valence-corrected chi connectivity index (χ2v) is 6.87. The fourth-order valence-corrected chi connectivity index (χ4v) is 3.49. The van der Waals surface area contributed by atoms with Gasteiger partial charge >= 0.3 is 6.01 Å². The van der Waals surface area contributed by atoms with Crippen molar-refractivity contribution < 1.29 is 13.2 Å². The lowest BCUT2D eigenvalue weighted by atomic mass is 10.2. The Morgan fingerprint density at radius 3 is 2.45 bits per heavy atom. The molecule has 0 aliphatic rings. The van der Waals surface area contributed by atoms with Gasteiger partial charge in [-0.3, -0.25) is 0 Å². The molecule has 0 aliphatic carbocycles. The third-order valence-corrected chi connectivity index (χ3v) is 4.61. The highest BCUT2D eigenvalue weighted by Crippen LogP contribution is 2.16. The van der Waals surface area contributed by atoms with E-state index in [2.05, 4.69) is 9.97 Å². The van der Waals surface area contributed by atoms with Gasteiger partial charge in [0.25, 0.3) is 0 Å². The van der Waals surface area contributed by atoms with Crippen LogP contribution in [0.4, 0.5) is 0 Å². The first-order chi connectivity index (χ1) is 10.4. The highest BCUT2D eigenvalue weighted by atomic mass is 32.2. The lowest BCUT2D eigenvalue weighted by molar-refractivity contribution is 0.378. The zero-order chi connectivity index (χ0) is 16.2. The largest absolute Gasteiger partial charge is 0.467 e. The fourth-order valence-electron chi connectivity index (χ4n) is 1.93. The van der Waals surface area contributed by atoms with Gasteiger partial charge in [-0.15, -0.1) is 0 Å². The average Bonchev–Trinajstić information content (AvgIpc) is 2.49. The molecule has 0 aliphatic heterocycles. The van der Waals surface area contributed by atoms with Crippen molar-refractivity contribution in [3.8, 4) is 12.1 Å². The summed E-state index contributed by atoms with van der Waals surface area (Å²) >= 11 is 0. The van der Waals surface area contributed by atoms with Gasteiger partial charge in [0.2, 0.25) is 0 Å². The van der Waals surface area contributed by atoms with E-state index in [0.717, 1.165) is 0 Å². The fraction of sp³-hybridized carbons (Fsp3) is 0.267. The topological polar surface area (TPSA) is 92.9 Å². The Bertz CT molecular complexity index is 809. The first-order valence-corrected chi connectivity index (χ1v) is 8.31. The van der Waals surface area contributed by atoms with Crippen molar-refractivity contribution >= 4 is 9.84 Å². The summed E-state index contributed by atoms with van der Waals surface area (Å²) in [5, 5.41) is 8.74. The zero-order valence-electron chi connectivity index (χ0n) is 12.3. The predicted molar refractivity (Wildman–Crippen MR) is 80.8 cm³/mol. The Balaban J connectivity index is 2.15. The van der Waals surface area contributed by atoms with E-state index in [1.165, 1.54) is 13.3 Å². The number of ether oxygens (including phenoxy) is 1. The van der Waals surface area contributed by atoms with Gasteiger partial charge in [0, 0.05) is 17.5 Å². The van der Waals surface area contributed by atoms with Crippen LogP contribution in [0.3, 0.4) is 0 Å². The van der Waals surface area contributed by atoms with E-state index in [1.54, 1.807) is 31.2 Å².